The molecule has 0 saturated heterocycles. The van der Waals surface area contributed by atoms with Crippen LogP contribution in [-0.4, -0.2) is 54.9 Å². The van der Waals surface area contributed by atoms with Crippen molar-refractivity contribution in [2.45, 2.75) is 32.3 Å². The number of carbonyl (C=O) groups excluding carboxylic acids is 1. The van der Waals surface area contributed by atoms with E-state index in [1.807, 2.05) is 42.5 Å². The summed E-state index contributed by atoms with van der Waals surface area (Å²) in [6.45, 7) is 4.02. The van der Waals surface area contributed by atoms with Gasteiger partial charge in [0.15, 0.2) is 5.60 Å². The summed E-state index contributed by atoms with van der Waals surface area (Å²) in [7, 11) is 3.12. The van der Waals surface area contributed by atoms with Gasteiger partial charge in [0.1, 0.15) is 17.2 Å². The first-order valence-electron chi connectivity index (χ1n) is 12.0. The molecule has 2 amide bonds. The zero-order valence-electron chi connectivity index (χ0n) is 21.7. The number of hydrogen-bond acceptors (Lipinski definition) is 5. The number of methoxy groups -OCH3 is 2. The van der Waals surface area contributed by atoms with E-state index in [0.29, 0.717) is 48.9 Å². The van der Waals surface area contributed by atoms with Gasteiger partial charge in [-0.05, 0) is 62.1 Å². The highest BCUT2D eigenvalue weighted by atomic mass is 16.5. The van der Waals surface area contributed by atoms with E-state index in [9.17, 15) is 14.7 Å². The van der Waals surface area contributed by atoms with Crippen LogP contribution in [0.1, 0.15) is 25.0 Å². The molecule has 3 aromatic carbocycles. The minimum atomic E-state index is -1.32. The molecule has 2 N–H and O–H groups in total. The number of carboxylic acids is 1. The maximum absolute atomic E-state index is 13.3. The third kappa shape index (κ3) is 7.90. The molecule has 0 saturated carbocycles. The lowest BCUT2D eigenvalue weighted by Gasteiger charge is -2.24. The van der Waals surface area contributed by atoms with Crippen molar-refractivity contribution in [2.24, 2.45) is 0 Å². The average Bonchev–Trinajstić information content (AvgIpc) is 2.90. The third-order valence-electron chi connectivity index (χ3n) is 5.93. The maximum atomic E-state index is 13.3. The monoisotopic (exact) mass is 506 g/mol. The van der Waals surface area contributed by atoms with E-state index >= 15 is 0 Å². The molecule has 0 aliphatic heterocycles. The van der Waals surface area contributed by atoms with Crippen molar-refractivity contribution in [3.05, 3.63) is 83.9 Å². The highest BCUT2D eigenvalue weighted by Gasteiger charge is 2.29. The molecule has 0 aliphatic rings. The number of carbonyl (C=O) groups is 2. The van der Waals surface area contributed by atoms with E-state index < -0.39 is 11.6 Å². The van der Waals surface area contributed by atoms with Crippen LogP contribution in [0.5, 0.6) is 17.2 Å². The van der Waals surface area contributed by atoms with Crippen LogP contribution < -0.4 is 19.5 Å². The topological polar surface area (TPSA) is 97.3 Å². The molecule has 0 radical (unpaired) electrons. The molecule has 0 fully saturated rings. The van der Waals surface area contributed by atoms with Crippen molar-refractivity contribution in [3.63, 3.8) is 0 Å². The number of urea groups is 1. The summed E-state index contributed by atoms with van der Waals surface area (Å²) >= 11 is 0. The number of benzene rings is 3. The first-order chi connectivity index (χ1) is 17.7. The van der Waals surface area contributed by atoms with Gasteiger partial charge >= 0.3 is 12.0 Å². The standard InChI is InChI=1S/C29H34N2O6/c1-29(2,27(32)33)37-23-12-10-22(11-13-23)17-19-31(18-16-21-8-6-5-7-9-21)28(34)30-25-15-14-24(35-3)20-26(25)36-4/h5-15,20H,16-19H2,1-4H3,(H,30,34)(H,32,33). The number of rotatable bonds is 12. The van der Waals surface area contributed by atoms with Gasteiger partial charge in [0, 0.05) is 19.2 Å². The molecular formula is C29H34N2O6. The average molecular weight is 507 g/mol. The SMILES string of the molecule is COc1ccc(NC(=O)N(CCc2ccccc2)CCc2ccc(OC(C)(C)C(=O)O)cc2)c(OC)c1. The number of nitrogens with one attached hydrogen (secondary N) is 1. The van der Waals surface area contributed by atoms with E-state index in [1.54, 1.807) is 49.5 Å². The first-order valence-corrected chi connectivity index (χ1v) is 12.0. The summed E-state index contributed by atoms with van der Waals surface area (Å²) in [5.74, 6) is 0.581. The van der Waals surface area contributed by atoms with Crippen LogP contribution in [0.2, 0.25) is 0 Å². The molecule has 8 heteroatoms. The third-order valence-corrected chi connectivity index (χ3v) is 5.93. The smallest absolute Gasteiger partial charge is 0.347 e. The lowest BCUT2D eigenvalue weighted by Crippen LogP contribution is -2.38. The fourth-order valence-electron chi connectivity index (χ4n) is 3.65. The van der Waals surface area contributed by atoms with Crippen LogP contribution in [0.4, 0.5) is 10.5 Å². The second-order valence-electron chi connectivity index (χ2n) is 9.03. The Morgan fingerprint density at radius 1 is 0.838 bits per heavy atom. The Kier molecular flexibility index (Phi) is 9.38. The molecule has 8 nitrogen and oxygen atoms in total. The number of amides is 2. The van der Waals surface area contributed by atoms with Crippen LogP contribution in [0.15, 0.2) is 72.8 Å². The summed E-state index contributed by atoms with van der Waals surface area (Å²) in [5.41, 5.74) is 1.38. The normalized spacial score (nSPS) is 10.9. The van der Waals surface area contributed by atoms with Crippen molar-refractivity contribution >= 4 is 17.7 Å². The Hall–Kier alpha value is -4.20. The Morgan fingerprint density at radius 3 is 2.00 bits per heavy atom. The van der Waals surface area contributed by atoms with Crippen molar-refractivity contribution in [3.8, 4) is 17.2 Å². The van der Waals surface area contributed by atoms with Crippen molar-refractivity contribution in [1.82, 2.24) is 4.90 Å². The minimum Gasteiger partial charge on any atom is -0.497 e. The van der Waals surface area contributed by atoms with Crippen LogP contribution in [-0.2, 0) is 17.6 Å². The summed E-state index contributed by atoms with van der Waals surface area (Å²) < 4.78 is 16.2. The second-order valence-corrected chi connectivity index (χ2v) is 9.03. The second kappa shape index (κ2) is 12.7. The van der Waals surface area contributed by atoms with Gasteiger partial charge in [-0.1, -0.05) is 42.5 Å². The molecule has 0 aromatic heterocycles. The molecule has 0 aliphatic carbocycles. The predicted octanol–water partition coefficient (Wildman–Crippen LogP) is 5.27. The van der Waals surface area contributed by atoms with Crippen molar-refractivity contribution < 1.29 is 28.9 Å². The molecule has 0 unspecified atom stereocenters. The zero-order valence-corrected chi connectivity index (χ0v) is 21.7. The highest BCUT2D eigenvalue weighted by molar-refractivity contribution is 5.91. The van der Waals surface area contributed by atoms with E-state index in [0.717, 1.165) is 11.1 Å². The number of nitrogens with zero attached hydrogens (tertiary/aromatic N) is 1. The van der Waals surface area contributed by atoms with E-state index in [2.05, 4.69) is 5.32 Å². The van der Waals surface area contributed by atoms with Gasteiger partial charge in [0.2, 0.25) is 0 Å². The van der Waals surface area contributed by atoms with Gasteiger partial charge in [0.25, 0.3) is 0 Å². The molecular weight excluding hydrogens is 472 g/mol. The molecule has 0 heterocycles. The Bertz CT molecular complexity index is 1180. The highest BCUT2D eigenvalue weighted by Crippen LogP contribution is 2.29. The van der Waals surface area contributed by atoms with Crippen LogP contribution in [0, 0.1) is 0 Å². The fraction of sp³-hybridized carbons (Fsp3) is 0.310. The largest absolute Gasteiger partial charge is 0.497 e. The van der Waals surface area contributed by atoms with Crippen molar-refractivity contribution in [2.75, 3.05) is 32.6 Å². The van der Waals surface area contributed by atoms with Gasteiger partial charge < -0.3 is 29.5 Å². The lowest BCUT2D eigenvalue weighted by atomic mass is 10.1. The minimum absolute atomic E-state index is 0.234. The summed E-state index contributed by atoms with van der Waals surface area (Å²) in [6, 6.07) is 22.3. The Labute approximate surface area is 217 Å². The van der Waals surface area contributed by atoms with E-state index in [-0.39, 0.29) is 6.03 Å². The molecule has 196 valence electrons. The van der Waals surface area contributed by atoms with Gasteiger partial charge in [0.05, 0.1) is 19.9 Å². The summed E-state index contributed by atoms with van der Waals surface area (Å²) in [5, 5.41) is 12.2. The van der Waals surface area contributed by atoms with E-state index in [4.69, 9.17) is 14.2 Å². The van der Waals surface area contributed by atoms with Gasteiger partial charge in [-0.3, -0.25) is 0 Å². The van der Waals surface area contributed by atoms with Gasteiger partial charge in [-0.2, -0.15) is 0 Å². The number of hydrogen-bond donors (Lipinski definition) is 2. The number of carboxylic acid groups (broad SMARTS) is 1. The predicted molar refractivity (Wildman–Crippen MR) is 143 cm³/mol. The summed E-state index contributed by atoms with van der Waals surface area (Å²) in [6.07, 6.45) is 1.33. The van der Waals surface area contributed by atoms with Gasteiger partial charge in [-0.25, -0.2) is 9.59 Å². The zero-order chi connectivity index (χ0) is 26.8. The fourth-order valence-corrected chi connectivity index (χ4v) is 3.65. The summed E-state index contributed by atoms with van der Waals surface area (Å²) in [4.78, 5) is 26.4. The van der Waals surface area contributed by atoms with Crippen molar-refractivity contribution in [1.29, 1.82) is 0 Å². The molecule has 3 aromatic rings. The number of ether oxygens (including phenoxy) is 3. The molecule has 37 heavy (non-hydrogen) atoms. The first kappa shape index (κ1) is 27.4. The van der Waals surface area contributed by atoms with Crippen LogP contribution in [0.3, 0.4) is 0 Å². The Balaban J connectivity index is 1.70. The molecule has 3 rings (SSSR count). The number of aliphatic carboxylic acids is 1. The maximum Gasteiger partial charge on any atom is 0.347 e. The molecule has 0 bridgehead atoms. The lowest BCUT2D eigenvalue weighted by molar-refractivity contribution is -0.152. The van der Waals surface area contributed by atoms with Crippen LogP contribution in [0.25, 0.3) is 0 Å². The van der Waals surface area contributed by atoms with Crippen LogP contribution >= 0.6 is 0 Å². The van der Waals surface area contributed by atoms with E-state index in [1.165, 1.54) is 13.8 Å². The number of anilines is 1. The quantitative estimate of drug-likeness (QED) is 0.348. The molecule has 0 atom stereocenters. The molecule has 0 spiro atoms. The van der Waals surface area contributed by atoms with Gasteiger partial charge in [-0.15, -0.1) is 0 Å². The Morgan fingerprint density at radius 2 is 1.43 bits per heavy atom.